The number of rotatable bonds is 5. The van der Waals surface area contributed by atoms with E-state index in [1.807, 2.05) is 0 Å². The summed E-state index contributed by atoms with van der Waals surface area (Å²) >= 11 is 5.95. The second-order valence-electron chi connectivity index (χ2n) is 3.58. The molecule has 2 atom stereocenters. The molecule has 0 saturated carbocycles. The quantitative estimate of drug-likeness (QED) is 0.780. The zero-order valence-electron chi connectivity index (χ0n) is 9.06. The zero-order valence-corrected chi connectivity index (χ0v) is 9.81. The number of ether oxygens (including phenoxy) is 1. The van der Waals surface area contributed by atoms with E-state index in [1.165, 1.54) is 6.26 Å². The summed E-state index contributed by atoms with van der Waals surface area (Å²) in [6.45, 7) is 5.11. The molecule has 0 fully saturated rings. The van der Waals surface area contributed by atoms with Crippen molar-refractivity contribution in [2.75, 3.05) is 6.61 Å². The van der Waals surface area contributed by atoms with Gasteiger partial charge in [0.05, 0.1) is 17.4 Å². The lowest BCUT2D eigenvalue weighted by Gasteiger charge is -2.17. The third-order valence-electron chi connectivity index (χ3n) is 2.33. The van der Waals surface area contributed by atoms with Crippen molar-refractivity contribution in [3.05, 3.63) is 41.6 Å². The molecule has 0 aliphatic heterocycles. The van der Waals surface area contributed by atoms with Crippen LogP contribution < -0.4 is 4.74 Å². The summed E-state index contributed by atoms with van der Waals surface area (Å²) in [5, 5.41) is 19.2. The fourth-order valence-corrected chi connectivity index (χ4v) is 1.55. The van der Waals surface area contributed by atoms with Gasteiger partial charge < -0.3 is 14.9 Å². The fourth-order valence-electron chi connectivity index (χ4n) is 1.31. The maximum atomic E-state index is 9.85. The lowest BCUT2D eigenvalue weighted by molar-refractivity contribution is 0.0770. The van der Waals surface area contributed by atoms with Crippen LogP contribution in [0.1, 0.15) is 18.6 Å². The molecular formula is C12H15ClO3. The maximum absolute atomic E-state index is 9.85. The Labute approximate surface area is 99.9 Å². The minimum absolute atomic E-state index is 0.0797. The van der Waals surface area contributed by atoms with Gasteiger partial charge in [-0.3, -0.25) is 0 Å². The molecule has 0 unspecified atom stereocenters. The Morgan fingerprint density at radius 3 is 2.75 bits per heavy atom. The third kappa shape index (κ3) is 2.98. The molecule has 16 heavy (non-hydrogen) atoms. The first-order chi connectivity index (χ1) is 7.60. The summed E-state index contributed by atoms with van der Waals surface area (Å²) in [7, 11) is 0. The van der Waals surface area contributed by atoms with Crippen LogP contribution in [0.2, 0.25) is 5.02 Å². The van der Waals surface area contributed by atoms with Crippen molar-refractivity contribution in [3.8, 4) is 5.75 Å². The largest absolute Gasteiger partial charge is 0.464 e. The number of aliphatic hydroxyl groups is 2. The molecule has 0 saturated heterocycles. The predicted octanol–water partition coefficient (Wildman–Crippen LogP) is 2.52. The Morgan fingerprint density at radius 1 is 1.56 bits per heavy atom. The molecule has 0 bridgehead atoms. The molecule has 0 aromatic heterocycles. The summed E-state index contributed by atoms with van der Waals surface area (Å²) in [5.74, 6) is 0.256. The van der Waals surface area contributed by atoms with Crippen molar-refractivity contribution in [1.82, 2.24) is 0 Å². The summed E-state index contributed by atoms with van der Waals surface area (Å²) < 4.78 is 5.06. The Morgan fingerprint density at radius 2 is 2.25 bits per heavy atom. The van der Waals surface area contributed by atoms with E-state index in [0.29, 0.717) is 16.3 Å². The Hall–Kier alpha value is -1.03. The van der Waals surface area contributed by atoms with E-state index in [1.54, 1.807) is 25.1 Å². The van der Waals surface area contributed by atoms with Gasteiger partial charge in [0, 0.05) is 12.5 Å². The molecule has 0 aliphatic rings. The summed E-state index contributed by atoms with van der Waals surface area (Å²) in [6.07, 6.45) is 0.550. The molecule has 88 valence electrons. The minimum atomic E-state index is -0.736. The monoisotopic (exact) mass is 242 g/mol. The van der Waals surface area contributed by atoms with Gasteiger partial charge >= 0.3 is 0 Å². The topological polar surface area (TPSA) is 49.7 Å². The van der Waals surface area contributed by atoms with Gasteiger partial charge in [0.15, 0.2) is 0 Å². The summed E-state index contributed by atoms with van der Waals surface area (Å²) in [5.41, 5.74) is 0.656. The van der Waals surface area contributed by atoms with Gasteiger partial charge in [-0.1, -0.05) is 31.2 Å². The van der Waals surface area contributed by atoms with E-state index in [4.69, 9.17) is 21.4 Å². The van der Waals surface area contributed by atoms with E-state index < -0.39 is 6.10 Å². The van der Waals surface area contributed by atoms with Crippen LogP contribution in [0, 0.1) is 5.92 Å². The summed E-state index contributed by atoms with van der Waals surface area (Å²) in [6, 6.07) is 4.99. The van der Waals surface area contributed by atoms with Crippen LogP contribution in [0.3, 0.4) is 0 Å². The highest BCUT2D eigenvalue weighted by Gasteiger charge is 2.16. The van der Waals surface area contributed by atoms with E-state index >= 15 is 0 Å². The highest BCUT2D eigenvalue weighted by Crippen LogP contribution is 2.30. The first-order valence-corrected chi connectivity index (χ1v) is 5.34. The van der Waals surface area contributed by atoms with Gasteiger partial charge in [0.25, 0.3) is 0 Å². The van der Waals surface area contributed by atoms with E-state index in [-0.39, 0.29) is 12.5 Å². The molecule has 0 aliphatic carbocycles. The van der Waals surface area contributed by atoms with Crippen LogP contribution in [0.15, 0.2) is 31.0 Å². The number of benzene rings is 1. The van der Waals surface area contributed by atoms with Crippen molar-refractivity contribution in [1.29, 1.82) is 0 Å². The van der Waals surface area contributed by atoms with Crippen LogP contribution in [0.25, 0.3) is 0 Å². The van der Waals surface area contributed by atoms with Crippen LogP contribution in [0.5, 0.6) is 5.75 Å². The van der Waals surface area contributed by atoms with E-state index in [2.05, 4.69) is 6.58 Å². The van der Waals surface area contributed by atoms with Crippen LogP contribution in [-0.2, 0) is 0 Å². The maximum Gasteiger partial charge on any atom is 0.145 e. The molecule has 0 spiro atoms. The molecule has 3 nitrogen and oxygen atoms in total. The van der Waals surface area contributed by atoms with E-state index in [9.17, 15) is 5.11 Å². The Balaban J connectivity index is 2.91. The van der Waals surface area contributed by atoms with Crippen molar-refractivity contribution < 1.29 is 14.9 Å². The first kappa shape index (κ1) is 13.0. The number of hydrogen-bond donors (Lipinski definition) is 2. The highest BCUT2D eigenvalue weighted by atomic mass is 35.5. The smallest absolute Gasteiger partial charge is 0.145 e. The van der Waals surface area contributed by atoms with E-state index in [0.717, 1.165) is 0 Å². The standard InChI is InChI=1S/C12H15ClO3/c1-3-16-11-5-4-9(6-10(11)13)12(15)8(2)7-14/h3-6,8,12,14-15H,1,7H2,2H3/t8-,12+/m1/s1. The van der Waals surface area contributed by atoms with Crippen molar-refractivity contribution in [2.24, 2.45) is 5.92 Å². The number of aliphatic hydroxyl groups excluding tert-OH is 2. The lowest BCUT2D eigenvalue weighted by Crippen LogP contribution is -2.12. The van der Waals surface area contributed by atoms with Crippen molar-refractivity contribution >= 4 is 11.6 Å². The summed E-state index contributed by atoms with van der Waals surface area (Å²) in [4.78, 5) is 0. The molecule has 2 N–H and O–H groups in total. The van der Waals surface area contributed by atoms with Crippen LogP contribution in [-0.4, -0.2) is 16.8 Å². The van der Waals surface area contributed by atoms with Gasteiger partial charge in [-0.25, -0.2) is 0 Å². The normalized spacial score (nSPS) is 14.2. The predicted molar refractivity (Wildman–Crippen MR) is 63.5 cm³/mol. The molecule has 4 heteroatoms. The van der Waals surface area contributed by atoms with Crippen molar-refractivity contribution in [2.45, 2.75) is 13.0 Å². The van der Waals surface area contributed by atoms with Gasteiger partial charge in [0.1, 0.15) is 5.75 Å². The number of halogens is 1. The molecule has 0 amide bonds. The molecule has 1 aromatic rings. The Bertz CT molecular complexity index is 365. The van der Waals surface area contributed by atoms with Crippen LogP contribution in [0.4, 0.5) is 0 Å². The highest BCUT2D eigenvalue weighted by molar-refractivity contribution is 6.32. The van der Waals surface area contributed by atoms with Gasteiger partial charge in [0.2, 0.25) is 0 Å². The molecule has 1 aromatic carbocycles. The average molecular weight is 243 g/mol. The van der Waals surface area contributed by atoms with Crippen LogP contribution >= 0.6 is 11.6 Å². The second kappa shape index (κ2) is 5.89. The zero-order chi connectivity index (χ0) is 12.1. The van der Waals surface area contributed by atoms with Gasteiger partial charge in [-0.15, -0.1) is 0 Å². The van der Waals surface area contributed by atoms with Gasteiger partial charge in [-0.2, -0.15) is 0 Å². The van der Waals surface area contributed by atoms with Gasteiger partial charge in [-0.05, 0) is 17.7 Å². The molecule has 1 rings (SSSR count). The first-order valence-electron chi connectivity index (χ1n) is 4.96. The lowest BCUT2D eigenvalue weighted by atomic mass is 9.98. The van der Waals surface area contributed by atoms with Crippen molar-refractivity contribution in [3.63, 3.8) is 0 Å². The molecule has 0 heterocycles. The molecular weight excluding hydrogens is 228 g/mol. The fraction of sp³-hybridized carbons (Fsp3) is 0.333. The minimum Gasteiger partial charge on any atom is -0.464 e. The SMILES string of the molecule is C=COc1ccc([C@@H](O)[C@H](C)CO)cc1Cl. The number of hydrogen-bond acceptors (Lipinski definition) is 3. The third-order valence-corrected chi connectivity index (χ3v) is 2.63. The average Bonchev–Trinajstić information content (AvgIpc) is 2.30. The second-order valence-corrected chi connectivity index (χ2v) is 3.99. The molecule has 0 radical (unpaired) electrons. The Kier molecular flexibility index (Phi) is 4.80.